The number of hydrogen-bond donors (Lipinski definition) is 0. The molecule has 0 fully saturated rings. The molecular weight excluding hydrogens is 416 g/mol. The lowest BCUT2D eigenvalue weighted by Gasteiger charge is -2.29. The molecule has 0 atom stereocenters. The van der Waals surface area contributed by atoms with Gasteiger partial charge in [-0.25, -0.2) is 4.98 Å². The van der Waals surface area contributed by atoms with Crippen molar-refractivity contribution in [2.24, 2.45) is 0 Å². The number of carbonyl (C=O) groups is 1. The molecule has 0 bridgehead atoms. The van der Waals surface area contributed by atoms with Gasteiger partial charge in [-0.1, -0.05) is 12.1 Å². The summed E-state index contributed by atoms with van der Waals surface area (Å²) >= 11 is 3.17. The first-order valence-corrected chi connectivity index (χ1v) is 11.3. The highest BCUT2D eigenvalue weighted by atomic mass is 32.1. The quantitative estimate of drug-likeness (QED) is 0.439. The van der Waals surface area contributed by atoms with Crippen LogP contribution < -0.4 is 9.47 Å². The van der Waals surface area contributed by atoms with Gasteiger partial charge in [0, 0.05) is 13.1 Å². The molecule has 0 aliphatic carbocycles. The molecule has 152 valence electrons. The zero-order chi connectivity index (χ0) is 20.7. The van der Waals surface area contributed by atoms with Crippen molar-refractivity contribution in [3.8, 4) is 21.4 Å². The Balaban J connectivity index is 1.38. The Bertz CT molecular complexity index is 1210. The van der Waals surface area contributed by atoms with Crippen LogP contribution in [0.2, 0.25) is 0 Å². The molecule has 1 aliphatic rings. The van der Waals surface area contributed by atoms with Gasteiger partial charge in [-0.05, 0) is 53.9 Å². The molecule has 0 saturated carbocycles. The number of hydrogen-bond acceptors (Lipinski definition) is 6. The number of thiophene rings is 1. The summed E-state index contributed by atoms with van der Waals surface area (Å²) in [4.78, 5) is 21.6. The van der Waals surface area contributed by atoms with Crippen LogP contribution in [0.4, 0.5) is 0 Å². The third kappa shape index (κ3) is 3.34. The molecule has 0 saturated heterocycles. The lowest BCUT2D eigenvalue weighted by molar-refractivity contribution is 0.0739. The molecule has 3 heterocycles. The van der Waals surface area contributed by atoms with Gasteiger partial charge < -0.3 is 14.4 Å². The van der Waals surface area contributed by atoms with E-state index in [1.54, 1.807) is 25.6 Å². The molecule has 30 heavy (non-hydrogen) atoms. The average Bonchev–Trinajstić information content (AvgIpc) is 3.44. The molecule has 7 heteroatoms. The van der Waals surface area contributed by atoms with Crippen LogP contribution in [0.25, 0.3) is 20.1 Å². The Morgan fingerprint density at radius 1 is 1.00 bits per heavy atom. The van der Waals surface area contributed by atoms with Crippen LogP contribution >= 0.6 is 22.7 Å². The van der Waals surface area contributed by atoms with Gasteiger partial charge in [0.15, 0.2) is 11.5 Å². The molecule has 4 aromatic rings. The van der Waals surface area contributed by atoms with Gasteiger partial charge in [-0.2, -0.15) is 0 Å². The first-order chi connectivity index (χ1) is 14.7. The Labute approximate surface area is 182 Å². The second kappa shape index (κ2) is 7.74. The van der Waals surface area contributed by atoms with Gasteiger partial charge in [0.1, 0.15) is 5.01 Å². The lowest BCUT2D eigenvalue weighted by atomic mass is 9.98. The number of rotatable bonds is 4. The minimum atomic E-state index is 0.0628. The second-order valence-corrected chi connectivity index (χ2v) is 9.22. The fraction of sp³-hybridized carbons (Fsp3) is 0.217. The minimum Gasteiger partial charge on any atom is -0.493 e. The van der Waals surface area contributed by atoms with Gasteiger partial charge in [0.05, 0.1) is 34.2 Å². The summed E-state index contributed by atoms with van der Waals surface area (Å²) in [5.74, 6) is 1.49. The minimum absolute atomic E-state index is 0.0628. The molecule has 2 aromatic carbocycles. The van der Waals surface area contributed by atoms with Crippen LogP contribution in [0.1, 0.15) is 20.8 Å². The number of amides is 1. The zero-order valence-corrected chi connectivity index (χ0v) is 18.3. The monoisotopic (exact) mass is 436 g/mol. The second-order valence-electron chi connectivity index (χ2n) is 7.10. The van der Waals surface area contributed by atoms with E-state index in [0.717, 1.165) is 42.7 Å². The van der Waals surface area contributed by atoms with Crippen LogP contribution in [0.3, 0.4) is 0 Å². The third-order valence-electron chi connectivity index (χ3n) is 5.33. The number of para-hydroxylation sites is 1. The standard InChI is InChI=1S/C23H20N2O3S2/c1-27-17-11-14-9-10-25(13-15(14)12-18(17)28-2)23(26)21-8-7-20(29-21)22-24-16-5-3-4-6-19(16)30-22/h3-8,11-12H,9-10,13H2,1-2H3. The highest BCUT2D eigenvalue weighted by Crippen LogP contribution is 2.36. The van der Waals surface area contributed by atoms with E-state index in [2.05, 4.69) is 6.07 Å². The van der Waals surface area contributed by atoms with E-state index in [0.29, 0.717) is 18.8 Å². The topological polar surface area (TPSA) is 51.7 Å². The zero-order valence-electron chi connectivity index (χ0n) is 16.7. The fourth-order valence-corrected chi connectivity index (χ4v) is 5.75. The van der Waals surface area contributed by atoms with Crippen LogP contribution in [-0.4, -0.2) is 36.6 Å². The predicted molar refractivity (Wildman–Crippen MR) is 121 cm³/mol. The van der Waals surface area contributed by atoms with Crippen molar-refractivity contribution >= 4 is 38.8 Å². The van der Waals surface area contributed by atoms with Crippen molar-refractivity contribution in [1.29, 1.82) is 0 Å². The van der Waals surface area contributed by atoms with Crippen molar-refractivity contribution in [1.82, 2.24) is 9.88 Å². The van der Waals surface area contributed by atoms with Gasteiger partial charge in [-0.15, -0.1) is 22.7 Å². The van der Waals surface area contributed by atoms with Gasteiger partial charge >= 0.3 is 0 Å². The van der Waals surface area contributed by atoms with Gasteiger partial charge in [-0.3, -0.25) is 4.79 Å². The summed E-state index contributed by atoms with van der Waals surface area (Å²) in [6.07, 6.45) is 0.803. The van der Waals surface area contributed by atoms with E-state index in [9.17, 15) is 4.79 Å². The first-order valence-electron chi connectivity index (χ1n) is 9.65. The van der Waals surface area contributed by atoms with E-state index >= 15 is 0 Å². The summed E-state index contributed by atoms with van der Waals surface area (Å²) < 4.78 is 12.0. The SMILES string of the molecule is COc1cc2c(cc1OC)CN(C(=O)c1ccc(-c3nc4ccccc4s3)s1)CC2. The van der Waals surface area contributed by atoms with E-state index in [1.807, 2.05) is 47.4 Å². The molecule has 5 rings (SSSR count). The highest BCUT2D eigenvalue weighted by Gasteiger charge is 2.25. The summed E-state index contributed by atoms with van der Waals surface area (Å²) in [5.41, 5.74) is 3.31. The number of fused-ring (bicyclic) bond motifs is 2. The number of ether oxygens (including phenoxy) is 2. The maximum Gasteiger partial charge on any atom is 0.264 e. The van der Waals surface area contributed by atoms with Crippen LogP contribution in [0, 0.1) is 0 Å². The first kappa shape index (κ1) is 19.1. The average molecular weight is 437 g/mol. The molecule has 0 N–H and O–H groups in total. The number of benzene rings is 2. The van der Waals surface area contributed by atoms with Crippen LogP contribution in [-0.2, 0) is 13.0 Å². The summed E-state index contributed by atoms with van der Waals surface area (Å²) in [6, 6.07) is 16.0. The Morgan fingerprint density at radius 2 is 1.77 bits per heavy atom. The Morgan fingerprint density at radius 3 is 2.53 bits per heavy atom. The smallest absolute Gasteiger partial charge is 0.264 e. The number of nitrogens with zero attached hydrogens (tertiary/aromatic N) is 2. The summed E-state index contributed by atoms with van der Waals surface area (Å²) in [7, 11) is 3.27. The number of carbonyl (C=O) groups excluding carboxylic acids is 1. The van der Waals surface area contributed by atoms with Gasteiger partial charge in [0.2, 0.25) is 0 Å². The Kier molecular flexibility index (Phi) is 4.92. The molecule has 2 aromatic heterocycles. The molecule has 1 aliphatic heterocycles. The van der Waals surface area contributed by atoms with Crippen molar-refractivity contribution < 1.29 is 14.3 Å². The van der Waals surface area contributed by atoms with Crippen molar-refractivity contribution in [2.45, 2.75) is 13.0 Å². The largest absolute Gasteiger partial charge is 0.493 e. The summed E-state index contributed by atoms with van der Waals surface area (Å²) in [5, 5.41) is 0.959. The Hall–Kier alpha value is -2.90. The highest BCUT2D eigenvalue weighted by molar-refractivity contribution is 7.26. The normalized spacial score (nSPS) is 13.3. The van der Waals surface area contributed by atoms with Crippen molar-refractivity contribution in [3.63, 3.8) is 0 Å². The predicted octanol–water partition coefficient (Wildman–Crippen LogP) is 5.24. The molecule has 0 unspecified atom stereocenters. The lowest BCUT2D eigenvalue weighted by Crippen LogP contribution is -2.35. The molecule has 5 nitrogen and oxygen atoms in total. The van der Waals surface area contributed by atoms with Crippen LogP contribution in [0.15, 0.2) is 48.5 Å². The molecular formula is C23H20N2O3S2. The molecule has 1 amide bonds. The maximum atomic E-state index is 13.2. The van der Waals surface area contributed by atoms with Gasteiger partial charge in [0.25, 0.3) is 5.91 Å². The van der Waals surface area contributed by atoms with Crippen LogP contribution in [0.5, 0.6) is 11.5 Å². The molecule has 0 radical (unpaired) electrons. The number of thiazole rings is 1. The maximum absolute atomic E-state index is 13.2. The summed E-state index contributed by atoms with van der Waals surface area (Å²) in [6.45, 7) is 1.26. The van der Waals surface area contributed by atoms with Crippen molar-refractivity contribution in [3.05, 3.63) is 64.5 Å². The third-order valence-corrected chi connectivity index (χ3v) is 7.61. The number of methoxy groups -OCH3 is 2. The number of aromatic nitrogens is 1. The molecule has 0 spiro atoms. The van der Waals surface area contributed by atoms with E-state index in [-0.39, 0.29) is 5.91 Å². The van der Waals surface area contributed by atoms with Crippen molar-refractivity contribution in [2.75, 3.05) is 20.8 Å². The van der Waals surface area contributed by atoms with E-state index < -0.39 is 0 Å². The van der Waals surface area contributed by atoms with E-state index in [1.165, 1.54) is 16.9 Å². The van der Waals surface area contributed by atoms with E-state index in [4.69, 9.17) is 14.5 Å². The fourth-order valence-electron chi connectivity index (χ4n) is 3.76.